The first kappa shape index (κ1) is 20.0. The van der Waals surface area contributed by atoms with Crippen LogP contribution in [0.1, 0.15) is 59.3 Å². The van der Waals surface area contributed by atoms with E-state index in [0.717, 1.165) is 44.1 Å². The summed E-state index contributed by atoms with van der Waals surface area (Å²) in [6.07, 6.45) is 6.32. The van der Waals surface area contributed by atoms with Crippen molar-refractivity contribution in [1.29, 1.82) is 0 Å². The van der Waals surface area contributed by atoms with Gasteiger partial charge in [-0.15, -0.1) is 0 Å². The number of hydrogen-bond acceptors (Lipinski definition) is 3. The van der Waals surface area contributed by atoms with Gasteiger partial charge in [-0.25, -0.2) is 4.79 Å². The number of likely N-dealkylation sites (tertiary alicyclic amines) is 1. The Morgan fingerprint density at radius 3 is 2.20 bits per heavy atom. The molecule has 0 radical (unpaired) electrons. The minimum Gasteiger partial charge on any atom is -0.480 e. The van der Waals surface area contributed by atoms with Gasteiger partial charge in [-0.1, -0.05) is 20.8 Å². The molecule has 0 bridgehead atoms. The monoisotopic (exact) mass is 353 g/mol. The summed E-state index contributed by atoms with van der Waals surface area (Å²) in [5.74, 6) is 0.764. The lowest BCUT2D eigenvalue weighted by Gasteiger charge is -2.38. The Bertz CT molecular complexity index is 439. The molecule has 0 unspecified atom stereocenters. The normalized spacial score (nSPS) is 25.4. The number of nitrogens with zero attached hydrogens (tertiary/aromatic N) is 2. The first-order valence-corrected chi connectivity index (χ1v) is 9.92. The van der Waals surface area contributed by atoms with Crippen molar-refractivity contribution >= 4 is 12.0 Å². The second-order valence-electron chi connectivity index (χ2n) is 7.98. The van der Waals surface area contributed by atoms with Gasteiger partial charge >= 0.3 is 12.0 Å². The number of hydrogen-bond donors (Lipinski definition) is 2. The second kappa shape index (κ2) is 9.41. The van der Waals surface area contributed by atoms with Gasteiger partial charge in [0.15, 0.2) is 0 Å². The Balaban J connectivity index is 1.73. The SMILES string of the molecule is CCN(CC(=O)O)C1CCN(C(=O)NC2CCC(C(C)C)CC2)CC1. The van der Waals surface area contributed by atoms with Crippen LogP contribution in [-0.4, -0.2) is 65.2 Å². The molecule has 6 heteroatoms. The molecule has 2 rings (SSSR count). The highest BCUT2D eigenvalue weighted by molar-refractivity contribution is 5.74. The summed E-state index contributed by atoms with van der Waals surface area (Å²) in [5, 5.41) is 12.2. The Labute approximate surface area is 151 Å². The topological polar surface area (TPSA) is 72.9 Å². The Morgan fingerprint density at radius 1 is 1.12 bits per heavy atom. The molecule has 25 heavy (non-hydrogen) atoms. The molecule has 1 saturated carbocycles. The van der Waals surface area contributed by atoms with Crippen LogP contribution in [0.25, 0.3) is 0 Å². The molecule has 6 nitrogen and oxygen atoms in total. The number of carboxylic acid groups (broad SMARTS) is 1. The van der Waals surface area contributed by atoms with Crippen LogP contribution < -0.4 is 5.32 Å². The predicted molar refractivity (Wildman–Crippen MR) is 98.6 cm³/mol. The van der Waals surface area contributed by atoms with Crippen LogP contribution in [0.3, 0.4) is 0 Å². The predicted octanol–water partition coefficient (Wildman–Crippen LogP) is 2.78. The summed E-state index contributed by atoms with van der Waals surface area (Å²) in [6.45, 7) is 8.83. The quantitative estimate of drug-likeness (QED) is 0.770. The van der Waals surface area contributed by atoms with Crippen molar-refractivity contribution in [2.75, 3.05) is 26.2 Å². The molecule has 1 aliphatic heterocycles. The number of rotatable bonds is 6. The third-order valence-corrected chi connectivity index (χ3v) is 6.05. The van der Waals surface area contributed by atoms with Gasteiger partial charge in [-0.3, -0.25) is 9.69 Å². The summed E-state index contributed by atoms with van der Waals surface area (Å²) in [4.78, 5) is 27.4. The molecule has 1 saturated heterocycles. The number of carbonyl (C=O) groups is 2. The van der Waals surface area contributed by atoms with Crippen LogP contribution in [-0.2, 0) is 4.79 Å². The summed E-state index contributed by atoms with van der Waals surface area (Å²) in [6, 6.07) is 0.652. The molecule has 2 N–H and O–H groups in total. The van der Waals surface area contributed by atoms with Gasteiger partial charge in [-0.2, -0.15) is 0 Å². The van der Waals surface area contributed by atoms with Gasteiger partial charge < -0.3 is 15.3 Å². The van der Waals surface area contributed by atoms with Gasteiger partial charge in [0.1, 0.15) is 0 Å². The van der Waals surface area contributed by atoms with Gasteiger partial charge in [-0.05, 0) is 56.9 Å². The fourth-order valence-electron chi connectivity index (χ4n) is 4.30. The van der Waals surface area contributed by atoms with Gasteiger partial charge in [0, 0.05) is 25.2 Å². The van der Waals surface area contributed by atoms with Crippen molar-refractivity contribution < 1.29 is 14.7 Å². The van der Waals surface area contributed by atoms with Crippen molar-refractivity contribution in [3.05, 3.63) is 0 Å². The Hall–Kier alpha value is -1.30. The third-order valence-electron chi connectivity index (χ3n) is 6.05. The number of nitrogens with one attached hydrogen (secondary N) is 1. The number of urea groups is 1. The van der Waals surface area contributed by atoms with Crippen LogP contribution >= 0.6 is 0 Å². The second-order valence-corrected chi connectivity index (χ2v) is 7.98. The highest BCUT2D eigenvalue weighted by Gasteiger charge is 2.29. The average molecular weight is 354 g/mol. The number of carboxylic acids is 1. The molecule has 0 aromatic carbocycles. The largest absolute Gasteiger partial charge is 0.480 e. The standard InChI is InChI=1S/C19H35N3O3/c1-4-21(13-18(23)24)17-9-11-22(12-10-17)19(25)20-16-7-5-15(6-8-16)14(2)3/h14-17H,4-13H2,1-3H3,(H,20,25)(H,23,24). The summed E-state index contributed by atoms with van der Waals surface area (Å²) in [5.41, 5.74) is 0. The molecule has 2 fully saturated rings. The van der Waals surface area contributed by atoms with E-state index in [1.165, 1.54) is 12.8 Å². The van der Waals surface area contributed by atoms with Crippen molar-refractivity contribution in [1.82, 2.24) is 15.1 Å². The molecule has 0 aromatic heterocycles. The highest BCUT2D eigenvalue weighted by atomic mass is 16.4. The van der Waals surface area contributed by atoms with Crippen molar-refractivity contribution in [3.63, 3.8) is 0 Å². The van der Waals surface area contributed by atoms with Gasteiger partial charge in [0.2, 0.25) is 0 Å². The fraction of sp³-hybridized carbons (Fsp3) is 0.895. The lowest BCUT2D eigenvalue weighted by Crippen LogP contribution is -2.52. The first-order chi connectivity index (χ1) is 11.9. The first-order valence-electron chi connectivity index (χ1n) is 9.92. The molecule has 144 valence electrons. The molecular weight excluding hydrogens is 318 g/mol. The van der Waals surface area contributed by atoms with E-state index in [1.54, 1.807) is 0 Å². The van der Waals surface area contributed by atoms with E-state index in [-0.39, 0.29) is 18.6 Å². The van der Waals surface area contributed by atoms with Crippen molar-refractivity contribution in [2.24, 2.45) is 11.8 Å². The third kappa shape index (κ3) is 5.87. The van der Waals surface area contributed by atoms with Gasteiger partial charge in [0.25, 0.3) is 0 Å². The number of likely N-dealkylation sites (N-methyl/N-ethyl adjacent to an activating group) is 1. The summed E-state index contributed by atoms with van der Waals surface area (Å²) in [7, 11) is 0. The smallest absolute Gasteiger partial charge is 0.317 e. The van der Waals surface area contributed by atoms with Crippen LogP contribution in [0.2, 0.25) is 0 Å². The Kier molecular flexibility index (Phi) is 7.54. The van der Waals surface area contributed by atoms with Crippen LogP contribution in [0.5, 0.6) is 0 Å². The van der Waals surface area contributed by atoms with Crippen LogP contribution in [0, 0.1) is 11.8 Å². The molecule has 2 amide bonds. The van der Waals surface area contributed by atoms with E-state index in [2.05, 4.69) is 19.2 Å². The van der Waals surface area contributed by atoms with E-state index in [1.807, 2.05) is 16.7 Å². The Morgan fingerprint density at radius 2 is 1.72 bits per heavy atom. The minimum absolute atomic E-state index is 0.0627. The fourth-order valence-corrected chi connectivity index (χ4v) is 4.30. The maximum atomic E-state index is 12.5. The van der Waals surface area contributed by atoms with Crippen LogP contribution in [0.15, 0.2) is 0 Å². The summed E-state index contributed by atoms with van der Waals surface area (Å²) >= 11 is 0. The molecule has 0 spiro atoms. The zero-order valence-corrected chi connectivity index (χ0v) is 16.0. The minimum atomic E-state index is -0.779. The van der Waals surface area contributed by atoms with Crippen molar-refractivity contribution in [2.45, 2.75) is 71.4 Å². The molecule has 1 heterocycles. The van der Waals surface area contributed by atoms with Gasteiger partial charge in [0.05, 0.1) is 6.54 Å². The molecule has 0 atom stereocenters. The number of amides is 2. The molecular formula is C19H35N3O3. The molecule has 2 aliphatic rings. The number of carbonyl (C=O) groups excluding carboxylic acids is 1. The zero-order valence-electron chi connectivity index (χ0n) is 16.0. The number of aliphatic carboxylic acids is 1. The zero-order chi connectivity index (χ0) is 18.4. The lowest BCUT2D eigenvalue weighted by molar-refractivity contribution is -0.139. The van der Waals surface area contributed by atoms with E-state index in [0.29, 0.717) is 19.1 Å². The van der Waals surface area contributed by atoms with E-state index < -0.39 is 5.97 Å². The average Bonchev–Trinajstić information content (AvgIpc) is 2.60. The van der Waals surface area contributed by atoms with Crippen LogP contribution in [0.4, 0.5) is 4.79 Å². The van der Waals surface area contributed by atoms with E-state index >= 15 is 0 Å². The molecule has 1 aliphatic carbocycles. The van der Waals surface area contributed by atoms with Crippen molar-refractivity contribution in [3.8, 4) is 0 Å². The van der Waals surface area contributed by atoms with E-state index in [4.69, 9.17) is 5.11 Å². The highest BCUT2D eigenvalue weighted by Crippen LogP contribution is 2.30. The lowest BCUT2D eigenvalue weighted by atomic mass is 9.80. The maximum Gasteiger partial charge on any atom is 0.317 e. The number of piperidine rings is 1. The molecule has 0 aromatic rings. The maximum absolute atomic E-state index is 12.5. The summed E-state index contributed by atoms with van der Waals surface area (Å²) < 4.78 is 0. The van der Waals surface area contributed by atoms with E-state index in [9.17, 15) is 9.59 Å².